The molecule has 10 heteroatoms. The van der Waals surface area contributed by atoms with Crippen molar-refractivity contribution >= 4 is 11.9 Å². The predicted octanol–water partition coefficient (Wildman–Crippen LogP) is 4.05. The van der Waals surface area contributed by atoms with Crippen LogP contribution < -0.4 is 0 Å². The zero-order valence-corrected chi connectivity index (χ0v) is 18.6. The van der Waals surface area contributed by atoms with E-state index in [1.165, 1.54) is 19.1 Å². The van der Waals surface area contributed by atoms with Crippen molar-refractivity contribution in [2.45, 2.75) is 57.3 Å². The lowest BCUT2D eigenvalue weighted by Crippen LogP contribution is -2.61. The Kier molecular flexibility index (Phi) is 8.65. The van der Waals surface area contributed by atoms with Crippen LogP contribution >= 0.6 is 0 Å². The summed E-state index contributed by atoms with van der Waals surface area (Å²) in [5.41, 5.74) is 0.962. The fourth-order valence-corrected chi connectivity index (χ4v) is 3.48. The van der Waals surface area contributed by atoms with E-state index in [4.69, 9.17) is 23.7 Å². The van der Waals surface area contributed by atoms with E-state index >= 15 is 0 Å². The van der Waals surface area contributed by atoms with E-state index < -0.39 is 55.4 Å². The Hall–Kier alpha value is -2.95. The van der Waals surface area contributed by atoms with Crippen molar-refractivity contribution in [1.82, 2.24) is 0 Å². The second-order valence-corrected chi connectivity index (χ2v) is 7.71. The molecule has 0 spiro atoms. The molecule has 7 nitrogen and oxygen atoms in total. The third-order valence-electron chi connectivity index (χ3n) is 4.98. The molecule has 34 heavy (non-hydrogen) atoms. The Morgan fingerprint density at radius 1 is 0.882 bits per heavy atom. The Bertz CT molecular complexity index is 937. The first-order valence-corrected chi connectivity index (χ1v) is 10.6. The summed E-state index contributed by atoms with van der Waals surface area (Å²) in [4.78, 5) is 24.6. The zero-order valence-electron chi connectivity index (χ0n) is 18.6. The second kappa shape index (κ2) is 11.5. The van der Waals surface area contributed by atoms with Gasteiger partial charge in [-0.2, -0.15) is 13.2 Å². The van der Waals surface area contributed by atoms with Crippen LogP contribution in [0.15, 0.2) is 60.7 Å². The average molecular weight is 482 g/mol. The van der Waals surface area contributed by atoms with Crippen molar-refractivity contribution in [2.75, 3.05) is 6.61 Å². The molecule has 2 aromatic carbocycles. The van der Waals surface area contributed by atoms with Crippen molar-refractivity contribution in [3.05, 3.63) is 71.8 Å². The van der Waals surface area contributed by atoms with Crippen molar-refractivity contribution in [1.29, 1.82) is 0 Å². The van der Waals surface area contributed by atoms with Crippen LogP contribution in [0.2, 0.25) is 0 Å². The summed E-state index contributed by atoms with van der Waals surface area (Å²) in [6.07, 6.45) is -10.9. The van der Waals surface area contributed by atoms with E-state index in [-0.39, 0.29) is 12.2 Å². The van der Waals surface area contributed by atoms with Crippen molar-refractivity contribution in [3.8, 4) is 0 Å². The lowest BCUT2D eigenvalue weighted by atomic mass is 9.98. The van der Waals surface area contributed by atoms with Crippen molar-refractivity contribution in [2.24, 2.45) is 0 Å². The molecule has 184 valence electrons. The number of alkyl halides is 3. The molecular weight excluding hydrogens is 457 g/mol. The van der Waals surface area contributed by atoms with Gasteiger partial charge in [0.25, 0.3) is 0 Å². The molecule has 5 atom stereocenters. The predicted molar refractivity (Wildman–Crippen MR) is 113 cm³/mol. The molecule has 3 unspecified atom stereocenters. The van der Waals surface area contributed by atoms with E-state index in [0.29, 0.717) is 0 Å². The SMILES string of the molecule is CC(=O)OC1C(OCc2ccccc2)[C@H](OCC(F)(F)F)OC(C)[C@H]1OC(=O)c1ccccc1. The van der Waals surface area contributed by atoms with E-state index in [2.05, 4.69) is 0 Å². The first kappa shape index (κ1) is 25.7. The Morgan fingerprint density at radius 2 is 1.50 bits per heavy atom. The van der Waals surface area contributed by atoms with E-state index in [9.17, 15) is 22.8 Å². The molecule has 1 fully saturated rings. The zero-order chi connectivity index (χ0) is 24.7. The number of esters is 2. The molecule has 3 rings (SSSR count). The topological polar surface area (TPSA) is 80.3 Å². The van der Waals surface area contributed by atoms with Gasteiger partial charge in [-0.15, -0.1) is 0 Å². The van der Waals surface area contributed by atoms with Crippen LogP contribution in [0.5, 0.6) is 0 Å². The number of hydrogen-bond acceptors (Lipinski definition) is 7. The Labute approximate surface area is 194 Å². The summed E-state index contributed by atoms with van der Waals surface area (Å²) >= 11 is 0. The quantitative estimate of drug-likeness (QED) is 0.525. The van der Waals surface area contributed by atoms with Crippen LogP contribution in [0, 0.1) is 0 Å². The number of carbonyl (C=O) groups excluding carboxylic acids is 2. The van der Waals surface area contributed by atoms with Gasteiger partial charge in [0, 0.05) is 6.92 Å². The number of benzene rings is 2. The monoisotopic (exact) mass is 482 g/mol. The molecule has 0 aromatic heterocycles. The normalized spacial score (nSPS) is 24.9. The summed E-state index contributed by atoms with van der Waals surface area (Å²) in [5, 5.41) is 0. The highest BCUT2D eigenvalue weighted by Crippen LogP contribution is 2.31. The lowest BCUT2D eigenvalue weighted by molar-refractivity contribution is -0.323. The van der Waals surface area contributed by atoms with Crippen LogP contribution in [0.4, 0.5) is 13.2 Å². The van der Waals surface area contributed by atoms with Crippen LogP contribution in [0.1, 0.15) is 29.8 Å². The number of ether oxygens (including phenoxy) is 5. The number of hydrogen-bond donors (Lipinski definition) is 0. The molecule has 0 amide bonds. The van der Waals surface area contributed by atoms with Gasteiger partial charge < -0.3 is 23.7 Å². The molecule has 0 saturated carbocycles. The van der Waals surface area contributed by atoms with E-state index in [0.717, 1.165) is 12.5 Å². The standard InChI is InChI=1S/C24H25F3O7/c1-15-19(34-22(29)18-11-7-4-8-12-18)20(33-16(2)28)21(23(32-15)31-14-24(25,26)27)30-13-17-9-5-3-6-10-17/h3-12,15,19-21,23H,13-14H2,1-2H3/t15?,19-,20?,21?,23-/m1/s1. The summed E-state index contributed by atoms with van der Waals surface area (Å²) < 4.78 is 66.0. The van der Waals surface area contributed by atoms with Crippen molar-refractivity contribution in [3.63, 3.8) is 0 Å². The van der Waals surface area contributed by atoms with Crippen molar-refractivity contribution < 1.29 is 46.4 Å². The summed E-state index contributed by atoms with van der Waals surface area (Å²) in [7, 11) is 0. The fraction of sp³-hybridized carbons (Fsp3) is 0.417. The highest BCUT2D eigenvalue weighted by Gasteiger charge is 2.50. The molecule has 0 radical (unpaired) electrons. The van der Waals surface area contributed by atoms with E-state index in [1.54, 1.807) is 48.5 Å². The molecular formula is C24H25F3O7. The minimum atomic E-state index is -4.62. The van der Waals surface area contributed by atoms with Gasteiger partial charge in [-0.25, -0.2) is 4.79 Å². The highest BCUT2D eigenvalue weighted by atomic mass is 19.4. The molecule has 1 aliphatic rings. The molecule has 2 aromatic rings. The first-order chi connectivity index (χ1) is 16.1. The smallest absolute Gasteiger partial charge is 0.411 e. The van der Waals surface area contributed by atoms with Crippen LogP contribution in [-0.4, -0.2) is 55.4 Å². The van der Waals surface area contributed by atoms with Gasteiger partial charge >= 0.3 is 18.1 Å². The summed E-state index contributed by atoms with van der Waals surface area (Å²) in [6, 6.07) is 16.9. The van der Waals surface area contributed by atoms with Gasteiger partial charge in [0.05, 0.1) is 18.3 Å². The molecule has 1 saturated heterocycles. The molecule has 0 aliphatic carbocycles. The van der Waals surface area contributed by atoms with E-state index in [1.807, 2.05) is 0 Å². The third kappa shape index (κ3) is 7.28. The van der Waals surface area contributed by atoms with Gasteiger partial charge in [0.2, 0.25) is 0 Å². The second-order valence-electron chi connectivity index (χ2n) is 7.71. The van der Waals surface area contributed by atoms with Gasteiger partial charge in [0.15, 0.2) is 18.5 Å². The lowest BCUT2D eigenvalue weighted by Gasteiger charge is -2.44. The largest absolute Gasteiger partial charge is 0.455 e. The number of carbonyl (C=O) groups is 2. The Balaban J connectivity index is 1.86. The fourth-order valence-electron chi connectivity index (χ4n) is 3.48. The molecule has 0 bridgehead atoms. The maximum atomic E-state index is 12.9. The maximum absolute atomic E-state index is 12.9. The van der Waals surface area contributed by atoms with Crippen LogP contribution in [-0.2, 0) is 35.1 Å². The summed E-state index contributed by atoms with van der Waals surface area (Å²) in [6.45, 7) is 0.982. The van der Waals surface area contributed by atoms with Gasteiger partial charge in [0.1, 0.15) is 12.7 Å². The van der Waals surface area contributed by atoms with Crippen LogP contribution in [0.25, 0.3) is 0 Å². The van der Waals surface area contributed by atoms with Gasteiger partial charge in [-0.05, 0) is 24.6 Å². The minimum Gasteiger partial charge on any atom is -0.455 e. The average Bonchev–Trinajstić information content (AvgIpc) is 2.79. The van der Waals surface area contributed by atoms with Gasteiger partial charge in [-0.3, -0.25) is 4.79 Å². The highest BCUT2D eigenvalue weighted by molar-refractivity contribution is 5.89. The maximum Gasteiger partial charge on any atom is 0.411 e. The molecule has 1 aliphatic heterocycles. The number of rotatable bonds is 8. The minimum absolute atomic E-state index is 0.0355. The Morgan fingerprint density at radius 3 is 2.09 bits per heavy atom. The molecule has 0 N–H and O–H groups in total. The van der Waals surface area contributed by atoms with Gasteiger partial charge in [-0.1, -0.05) is 48.5 Å². The van der Waals surface area contributed by atoms with Crippen LogP contribution in [0.3, 0.4) is 0 Å². The first-order valence-electron chi connectivity index (χ1n) is 10.6. The summed E-state index contributed by atoms with van der Waals surface area (Å²) in [5.74, 6) is -1.45. The number of halogens is 3. The third-order valence-corrected chi connectivity index (χ3v) is 4.98. The molecule has 1 heterocycles.